The van der Waals surface area contributed by atoms with Crippen LogP contribution >= 0.6 is 11.8 Å². The Balaban J connectivity index is 3.94. The van der Waals surface area contributed by atoms with E-state index in [1.165, 1.54) is 19.3 Å². The molecule has 0 saturated heterocycles. The molecule has 0 aromatic rings. The maximum atomic E-state index is 11.8. The minimum Gasteiger partial charge on any atom is -0.468 e. The van der Waals surface area contributed by atoms with Crippen LogP contribution in [0.15, 0.2) is 0 Å². The molecule has 0 aliphatic carbocycles. The van der Waals surface area contributed by atoms with Gasteiger partial charge in [-0.25, -0.2) is 0 Å². The molecule has 0 aromatic carbocycles. The highest BCUT2D eigenvalue weighted by Gasteiger charge is 2.32. The van der Waals surface area contributed by atoms with Gasteiger partial charge in [0.2, 0.25) is 0 Å². The van der Waals surface area contributed by atoms with Crippen LogP contribution in [0.5, 0.6) is 0 Å². The average Bonchev–Trinajstić information content (AvgIpc) is 2.37. The Morgan fingerprint density at radius 3 is 2.61 bits per heavy atom. The number of likely N-dealkylation sites (N-methyl/N-ethyl adjacent to an activating group) is 1. The van der Waals surface area contributed by atoms with Gasteiger partial charge in [0.15, 0.2) is 0 Å². The molecule has 0 heterocycles. The fourth-order valence-electron chi connectivity index (χ4n) is 1.81. The predicted molar refractivity (Wildman–Crippen MR) is 80.1 cm³/mol. The van der Waals surface area contributed by atoms with Crippen molar-refractivity contribution in [1.29, 1.82) is 0 Å². The van der Waals surface area contributed by atoms with Crippen LogP contribution in [0.2, 0.25) is 0 Å². The summed E-state index contributed by atoms with van der Waals surface area (Å²) >= 11 is 1.98. The normalized spacial score (nSPS) is 16.1. The second-order valence-electron chi connectivity index (χ2n) is 5.05. The number of nitrogens with one attached hydrogen (secondary N) is 1. The first-order valence-corrected chi connectivity index (χ1v) is 8.06. The number of carbonyl (C=O) groups is 1. The van der Waals surface area contributed by atoms with E-state index in [4.69, 9.17) is 4.74 Å². The zero-order valence-corrected chi connectivity index (χ0v) is 13.4. The first-order chi connectivity index (χ1) is 8.50. The van der Waals surface area contributed by atoms with Gasteiger partial charge < -0.3 is 10.1 Å². The molecule has 0 aliphatic rings. The lowest BCUT2D eigenvalue weighted by atomic mass is 9.96. The van der Waals surface area contributed by atoms with Crippen LogP contribution in [0.1, 0.15) is 47.0 Å². The summed E-state index contributed by atoms with van der Waals surface area (Å²) in [5.41, 5.74) is -0.527. The summed E-state index contributed by atoms with van der Waals surface area (Å²) in [5.74, 6) is 2.96. The number of ether oxygens (including phenoxy) is 1. The number of thioether (sulfide) groups is 1. The molecule has 0 aliphatic heterocycles. The van der Waals surface area contributed by atoms with Gasteiger partial charge in [-0.1, -0.05) is 27.2 Å². The number of methoxy groups -OCH3 is 1. The van der Waals surface area contributed by atoms with Gasteiger partial charge in [-0.15, -0.1) is 0 Å². The third kappa shape index (κ3) is 6.64. The van der Waals surface area contributed by atoms with Crippen LogP contribution in [-0.2, 0) is 9.53 Å². The molecule has 0 bridgehead atoms. The monoisotopic (exact) mass is 275 g/mol. The molecule has 0 fully saturated rings. The van der Waals surface area contributed by atoms with E-state index < -0.39 is 5.54 Å². The van der Waals surface area contributed by atoms with Crippen molar-refractivity contribution >= 4 is 17.7 Å². The molecule has 0 radical (unpaired) electrons. The fourth-order valence-corrected chi connectivity index (χ4v) is 2.96. The Hall–Kier alpha value is -0.220. The molecular formula is C14H29NO2S. The average molecular weight is 275 g/mol. The molecule has 108 valence electrons. The van der Waals surface area contributed by atoms with Crippen LogP contribution in [0, 0.1) is 5.92 Å². The predicted octanol–water partition coefficient (Wildman–Crippen LogP) is 3.09. The lowest BCUT2D eigenvalue weighted by Crippen LogP contribution is -2.50. The highest BCUT2D eigenvalue weighted by Crippen LogP contribution is 2.18. The maximum Gasteiger partial charge on any atom is 0.325 e. The van der Waals surface area contributed by atoms with Crippen LogP contribution in [0.25, 0.3) is 0 Å². The molecule has 2 atom stereocenters. The van der Waals surface area contributed by atoms with Gasteiger partial charge in [0.05, 0.1) is 7.11 Å². The molecule has 18 heavy (non-hydrogen) atoms. The first-order valence-electron chi connectivity index (χ1n) is 6.91. The lowest BCUT2D eigenvalue weighted by Gasteiger charge is -2.27. The molecule has 0 spiro atoms. The fraction of sp³-hybridized carbons (Fsp3) is 0.929. The van der Waals surface area contributed by atoms with Crippen LogP contribution in [0.4, 0.5) is 0 Å². The number of esters is 1. The smallest absolute Gasteiger partial charge is 0.325 e. The van der Waals surface area contributed by atoms with Gasteiger partial charge in [-0.2, -0.15) is 11.8 Å². The Kier molecular flexibility index (Phi) is 9.56. The number of rotatable bonds is 10. The van der Waals surface area contributed by atoms with Crippen molar-refractivity contribution in [2.45, 2.75) is 52.5 Å². The minimum absolute atomic E-state index is 0.156. The van der Waals surface area contributed by atoms with E-state index in [1.54, 1.807) is 0 Å². The highest BCUT2D eigenvalue weighted by molar-refractivity contribution is 7.99. The summed E-state index contributed by atoms with van der Waals surface area (Å²) in [5, 5.41) is 3.24. The van der Waals surface area contributed by atoms with Gasteiger partial charge in [0.25, 0.3) is 0 Å². The van der Waals surface area contributed by atoms with Crippen molar-refractivity contribution in [2.75, 3.05) is 25.2 Å². The van der Waals surface area contributed by atoms with E-state index >= 15 is 0 Å². The Labute approximate surface area is 116 Å². The van der Waals surface area contributed by atoms with E-state index in [1.807, 2.05) is 25.6 Å². The SMILES string of the molecule is CCNC(C)(CCCSCC(C)CC)C(=O)OC. The molecule has 0 saturated carbocycles. The van der Waals surface area contributed by atoms with Gasteiger partial charge in [-0.3, -0.25) is 4.79 Å². The van der Waals surface area contributed by atoms with E-state index in [9.17, 15) is 4.79 Å². The highest BCUT2D eigenvalue weighted by atomic mass is 32.2. The van der Waals surface area contributed by atoms with E-state index in [0.29, 0.717) is 0 Å². The maximum absolute atomic E-state index is 11.8. The van der Waals surface area contributed by atoms with E-state index in [2.05, 4.69) is 19.2 Å². The summed E-state index contributed by atoms with van der Waals surface area (Å²) in [6.07, 6.45) is 3.12. The third-order valence-corrected chi connectivity index (χ3v) is 4.65. The summed E-state index contributed by atoms with van der Waals surface area (Å²) in [7, 11) is 1.45. The van der Waals surface area contributed by atoms with Crippen LogP contribution in [-0.4, -0.2) is 36.7 Å². The molecular weight excluding hydrogens is 246 g/mol. The number of hydrogen-bond acceptors (Lipinski definition) is 4. The van der Waals surface area contributed by atoms with Crippen molar-refractivity contribution in [3.05, 3.63) is 0 Å². The zero-order chi connectivity index (χ0) is 14.0. The van der Waals surface area contributed by atoms with Gasteiger partial charge in [-0.05, 0) is 43.7 Å². The molecule has 0 rings (SSSR count). The number of hydrogen-bond donors (Lipinski definition) is 1. The van der Waals surface area contributed by atoms with Crippen molar-refractivity contribution in [3.8, 4) is 0 Å². The van der Waals surface area contributed by atoms with E-state index in [-0.39, 0.29) is 5.97 Å². The van der Waals surface area contributed by atoms with E-state index in [0.717, 1.165) is 31.1 Å². The van der Waals surface area contributed by atoms with Crippen molar-refractivity contribution in [2.24, 2.45) is 5.92 Å². The molecule has 3 nitrogen and oxygen atoms in total. The Morgan fingerprint density at radius 1 is 1.44 bits per heavy atom. The quantitative estimate of drug-likeness (QED) is 0.491. The minimum atomic E-state index is -0.527. The lowest BCUT2D eigenvalue weighted by molar-refractivity contribution is -0.148. The standard InChI is InChI=1S/C14H29NO2S/c1-6-12(3)11-18-10-8-9-14(4,15-7-2)13(16)17-5/h12,15H,6-11H2,1-5H3. The topological polar surface area (TPSA) is 38.3 Å². The molecule has 4 heteroatoms. The first kappa shape index (κ1) is 17.8. The summed E-state index contributed by atoms with van der Waals surface area (Å²) in [4.78, 5) is 11.8. The van der Waals surface area contributed by atoms with Gasteiger partial charge >= 0.3 is 5.97 Å². The van der Waals surface area contributed by atoms with Crippen molar-refractivity contribution in [1.82, 2.24) is 5.32 Å². The molecule has 2 unspecified atom stereocenters. The molecule has 0 amide bonds. The molecule has 0 aromatic heterocycles. The second kappa shape index (κ2) is 9.68. The van der Waals surface area contributed by atoms with Gasteiger partial charge in [0, 0.05) is 0 Å². The Morgan fingerprint density at radius 2 is 2.11 bits per heavy atom. The molecule has 1 N–H and O–H groups in total. The summed E-state index contributed by atoms with van der Waals surface area (Å²) in [6, 6.07) is 0. The summed E-state index contributed by atoms with van der Waals surface area (Å²) < 4.78 is 4.87. The summed E-state index contributed by atoms with van der Waals surface area (Å²) in [6.45, 7) is 9.24. The number of carbonyl (C=O) groups excluding carboxylic acids is 1. The van der Waals surface area contributed by atoms with Gasteiger partial charge in [0.1, 0.15) is 5.54 Å². The largest absolute Gasteiger partial charge is 0.468 e. The van der Waals surface area contributed by atoms with Crippen molar-refractivity contribution < 1.29 is 9.53 Å². The van der Waals surface area contributed by atoms with Crippen LogP contribution < -0.4 is 5.32 Å². The van der Waals surface area contributed by atoms with Crippen molar-refractivity contribution in [3.63, 3.8) is 0 Å². The Bertz CT molecular complexity index is 236. The zero-order valence-electron chi connectivity index (χ0n) is 12.5. The second-order valence-corrected chi connectivity index (χ2v) is 6.20. The van der Waals surface area contributed by atoms with Crippen LogP contribution in [0.3, 0.4) is 0 Å². The third-order valence-electron chi connectivity index (χ3n) is 3.27.